The molecular weight excluding hydrogens is 262 g/mol. The minimum Gasteiger partial charge on any atom is -0.337 e. The summed E-state index contributed by atoms with van der Waals surface area (Å²) in [5.74, 6) is 2.62. The minimum absolute atomic E-state index is 0.00211. The first-order valence-electron chi connectivity index (χ1n) is 6.86. The van der Waals surface area contributed by atoms with Gasteiger partial charge in [-0.25, -0.2) is 0 Å². The van der Waals surface area contributed by atoms with Gasteiger partial charge in [-0.1, -0.05) is 18.1 Å². The summed E-state index contributed by atoms with van der Waals surface area (Å²) in [7, 11) is 0. The Kier molecular flexibility index (Phi) is 5.15. The third-order valence-electron chi connectivity index (χ3n) is 3.43. The highest BCUT2D eigenvalue weighted by atomic mass is 16.2. The smallest absolute Gasteiger partial charge is 0.246 e. The first kappa shape index (κ1) is 14.8. The number of terminal acetylenes is 1. The molecular formula is C17H17N3O. The maximum absolute atomic E-state index is 12.1. The largest absolute Gasteiger partial charge is 0.337 e. The van der Waals surface area contributed by atoms with Gasteiger partial charge in [0.2, 0.25) is 5.91 Å². The van der Waals surface area contributed by atoms with Gasteiger partial charge in [-0.15, -0.1) is 6.42 Å². The van der Waals surface area contributed by atoms with Crippen molar-refractivity contribution in [2.24, 2.45) is 0 Å². The fraction of sp³-hybridized carbons (Fsp3) is 0.294. The van der Waals surface area contributed by atoms with E-state index in [2.05, 4.69) is 16.9 Å². The zero-order valence-corrected chi connectivity index (χ0v) is 11.8. The number of nitrogens with zero attached hydrogens (tertiary/aromatic N) is 3. The molecule has 0 atom stereocenters. The van der Waals surface area contributed by atoms with Crippen molar-refractivity contribution in [3.05, 3.63) is 41.5 Å². The van der Waals surface area contributed by atoms with Crippen LogP contribution in [0, 0.1) is 23.7 Å². The Hall–Kier alpha value is -2.56. The van der Waals surface area contributed by atoms with Gasteiger partial charge < -0.3 is 4.90 Å². The molecule has 0 bridgehead atoms. The quantitative estimate of drug-likeness (QED) is 0.620. The van der Waals surface area contributed by atoms with Gasteiger partial charge in [0.25, 0.3) is 0 Å². The summed E-state index contributed by atoms with van der Waals surface area (Å²) >= 11 is 0. The molecule has 4 nitrogen and oxygen atoms in total. The Balaban J connectivity index is 1.91. The highest BCUT2D eigenvalue weighted by Crippen LogP contribution is 2.08. The highest BCUT2D eigenvalue weighted by molar-refractivity contribution is 5.91. The maximum atomic E-state index is 12.1. The van der Waals surface area contributed by atoms with Gasteiger partial charge >= 0.3 is 0 Å². The van der Waals surface area contributed by atoms with Crippen molar-refractivity contribution in [1.29, 1.82) is 5.26 Å². The predicted octanol–water partition coefficient (Wildman–Crippen LogP) is 1.35. The predicted molar refractivity (Wildman–Crippen MR) is 82.0 cm³/mol. The number of carbonyl (C=O) groups is 1. The summed E-state index contributed by atoms with van der Waals surface area (Å²) in [5.41, 5.74) is 1.45. The second-order valence-corrected chi connectivity index (χ2v) is 4.88. The van der Waals surface area contributed by atoms with Gasteiger partial charge in [0, 0.05) is 32.3 Å². The SMILES string of the molecule is C#CCN1CCN(C(=O)/C=C/c2cccc(C#N)c2)CC1. The minimum atomic E-state index is -0.00211. The lowest BCUT2D eigenvalue weighted by molar-refractivity contribution is -0.127. The molecule has 21 heavy (non-hydrogen) atoms. The standard InChI is InChI=1S/C17H17N3O/c1-2-8-19-9-11-20(12-10-19)17(21)7-6-15-4-3-5-16(13-15)14-18/h1,3-7,13H,8-12H2/b7-6+. The van der Waals surface area contributed by atoms with E-state index in [-0.39, 0.29) is 5.91 Å². The molecule has 2 rings (SSSR count). The number of hydrogen-bond donors (Lipinski definition) is 0. The van der Waals surface area contributed by atoms with E-state index in [1.165, 1.54) is 0 Å². The number of piperazine rings is 1. The second-order valence-electron chi connectivity index (χ2n) is 4.88. The zero-order valence-electron chi connectivity index (χ0n) is 11.8. The Labute approximate surface area is 125 Å². The van der Waals surface area contributed by atoms with Crippen LogP contribution in [0.2, 0.25) is 0 Å². The fourth-order valence-corrected chi connectivity index (χ4v) is 2.24. The normalized spacial score (nSPS) is 15.6. The molecule has 0 N–H and O–H groups in total. The Morgan fingerprint density at radius 2 is 2.10 bits per heavy atom. The van der Waals surface area contributed by atoms with Gasteiger partial charge in [0.05, 0.1) is 18.2 Å². The van der Waals surface area contributed by atoms with E-state index in [0.717, 1.165) is 18.7 Å². The summed E-state index contributed by atoms with van der Waals surface area (Å²) in [6.45, 7) is 3.66. The summed E-state index contributed by atoms with van der Waals surface area (Å²) in [5, 5.41) is 8.84. The summed E-state index contributed by atoms with van der Waals surface area (Å²) in [4.78, 5) is 16.1. The number of amides is 1. The van der Waals surface area contributed by atoms with Crippen LogP contribution in [0.5, 0.6) is 0 Å². The Morgan fingerprint density at radius 3 is 2.76 bits per heavy atom. The van der Waals surface area contributed by atoms with Gasteiger partial charge in [-0.05, 0) is 23.8 Å². The third kappa shape index (κ3) is 4.21. The number of nitriles is 1. The maximum Gasteiger partial charge on any atom is 0.246 e. The van der Waals surface area contributed by atoms with E-state index >= 15 is 0 Å². The molecule has 0 aromatic heterocycles. The third-order valence-corrected chi connectivity index (χ3v) is 3.43. The summed E-state index contributed by atoms with van der Waals surface area (Å²) in [6, 6.07) is 9.26. The Morgan fingerprint density at radius 1 is 1.33 bits per heavy atom. The molecule has 0 spiro atoms. The van der Waals surface area contributed by atoms with E-state index in [1.54, 1.807) is 30.4 Å². The van der Waals surface area contributed by atoms with Gasteiger partial charge in [-0.3, -0.25) is 9.69 Å². The van der Waals surface area contributed by atoms with Crippen molar-refractivity contribution in [2.75, 3.05) is 32.7 Å². The lowest BCUT2D eigenvalue weighted by atomic mass is 10.1. The molecule has 1 saturated heterocycles. The lowest BCUT2D eigenvalue weighted by Gasteiger charge is -2.33. The van der Waals surface area contributed by atoms with Crippen LogP contribution in [0.3, 0.4) is 0 Å². The van der Waals surface area contributed by atoms with Crippen LogP contribution in [0.4, 0.5) is 0 Å². The Bertz CT molecular complexity index is 614. The van der Waals surface area contributed by atoms with E-state index < -0.39 is 0 Å². The molecule has 1 amide bonds. The van der Waals surface area contributed by atoms with Crippen LogP contribution in [0.15, 0.2) is 30.3 Å². The second kappa shape index (κ2) is 7.28. The molecule has 4 heteroatoms. The lowest BCUT2D eigenvalue weighted by Crippen LogP contribution is -2.48. The topological polar surface area (TPSA) is 47.3 Å². The number of benzene rings is 1. The van der Waals surface area contributed by atoms with E-state index in [0.29, 0.717) is 25.2 Å². The first-order chi connectivity index (χ1) is 10.2. The molecule has 1 aliphatic heterocycles. The van der Waals surface area contributed by atoms with Crippen LogP contribution in [-0.2, 0) is 4.79 Å². The van der Waals surface area contributed by atoms with Crippen molar-refractivity contribution in [3.8, 4) is 18.4 Å². The summed E-state index contributed by atoms with van der Waals surface area (Å²) in [6.07, 6.45) is 8.59. The molecule has 1 aromatic rings. The fourth-order valence-electron chi connectivity index (χ4n) is 2.24. The zero-order chi connectivity index (χ0) is 15.1. The molecule has 1 aromatic carbocycles. The van der Waals surface area contributed by atoms with Crippen LogP contribution >= 0.6 is 0 Å². The van der Waals surface area contributed by atoms with E-state index in [9.17, 15) is 4.79 Å². The number of carbonyl (C=O) groups excluding carboxylic acids is 1. The van der Waals surface area contributed by atoms with Crippen LogP contribution in [0.1, 0.15) is 11.1 Å². The average Bonchev–Trinajstić information content (AvgIpc) is 2.54. The monoisotopic (exact) mass is 279 g/mol. The summed E-state index contributed by atoms with van der Waals surface area (Å²) < 4.78 is 0. The van der Waals surface area contributed by atoms with Crippen molar-refractivity contribution in [2.45, 2.75) is 0 Å². The molecule has 0 radical (unpaired) electrons. The molecule has 1 heterocycles. The van der Waals surface area contributed by atoms with Crippen LogP contribution in [0.25, 0.3) is 6.08 Å². The van der Waals surface area contributed by atoms with Gasteiger partial charge in [0.15, 0.2) is 0 Å². The van der Waals surface area contributed by atoms with Crippen molar-refractivity contribution >= 4 is 12.0 Å². The average molecular weight is 279 g/mol. The molecule has 0 saturated carbocycles. The molecule has 0 aliphatic carbocycles. The highest BCUT2D eigenvalue weighted by Gasteiger charge is 2.18. The first-order valence-corrected chi connectivity index (χ1v) is 6.86. The van der Waals surface area contributed by atoms with Gasteiger partial charge in [0.1, 0.15) is 0 Å². The van der Waals surface area contributed by atoms with Gasteiger partial charge in [-0.2, -0.15) is 5.26 Å². The molecule has 106 valence electrons. The number of hydrogen-bond acceptors (Lipinski definition) is 3. The molecule has 1 aliphatic rings. The van der Waals surface area contributed by atoms with Crippen LogP contribution in [-0.4, -0.2) is 48.4 Å². The van der Waals surface area contributed by atoms with E-state index in [1.807, 2.05) is 11.0 Å². The van der Waals surface area contributed by atoms with Crippen molar-refractivity contribution < 1.29 is 4.79 Å². The molecule has 1 fully saturated rings. The van der Waals surface area contributed by atoms with E-state index in [4.69, 9.17) is 11.7 Å². The van der Waals surface area contributed by atoms with Crippen molar-refractivity contribution in [1.82, 2.24) is 9.80 Å². The molecule has 0 unspecified atom stereocenters. The van der Waals surface area contributed by atoms with Crippen LogP contribution < -0.4 is 0 Å². The number of rotatable bonds is 3. The van der Waals surface area contributed by atoms with Crippen molar-refractivity contribution in [3.63, 3.8) is 0 Å².